The predicted molar refractivity (Wildman–Crippen MR) is 56.2 cm³/mol. The van der Waals surface area contributed by atoms with Crippen LogP contribution < -0.4 is 5.32 Å². The van der Waals surface area contributed by atoms with E-state index in [9.17, 15) is 4.39 Å². The van der Waals surface area contributed by atoms with Crippen LogP contribution in [0.4, 0.5) is 10.1 Å². The van der Waals surface area contributed by atoms with Crippen LogP contribution in [0.1, 0.15) is 12.8 Å². The zero-order valence-corrected chi connectivity index (χ0v) is 8.52. The Hall–Kier alpha value is -0.800. The predicted octanol–water partition coefficient (Wildman–Crippen LogP) is 2.66. The van der Waals surface area contributed by atoms with Crippen molar-refractivity contribution in [3.63, 3.8) is 0 Å². The van der Waals surface area contributed by atoms with Crippen LogP contribution in [0.2, 0.25) is 5.02 Å². The molecule has 0 aromatic heterocycles. The van der Waals surface area contributed by atoms with Gasteiger partial charge in [0, 0.05) is 18.8 Å². The highest BCUT2D eigenvalue weighted by Gasteiger charge is 1.99. The largest absolute Gasteiger partial charge is 0.396 e. The van der Waals surface area contributed by atoms with Crippen LogP contribution in [0.3, 0.4) is 0 Å². The fraction of sp³-hybridized carbons (Fsp3) is 0.400. The number of unbranched alkanes of at least 4 members (excludes halogenated alkanes) is 1. The molecule has 2 N–H and O–H groups in total. The van der Waals surface area contributed by atoms with Crippen molar-refractivity contribution in [1.29, 1.82) is 0 Å². The summed E-state index contributed by atoms with van der Waals surface area (Å²) in [7, 11) is 0. The molecular formula is C10H13ClFNO. The van der Waals surface area contributed by atoms with Gasteiger partial charge in [0.1, 0.15) is 5.82 Å². The smallest absolute Gasteiger partial charge is 0.141 e. The molecule has 1 aromatic carbocycles. The van der Waals surface area contributed by atoms with Gasteiger partial charge < -0.3 is 10.4 Å². The molecule has 4 heteroatoms. The van der Waals surface area contributed by atoms with Crippen LogP contribution in [-0.2, 0) is 0 Å². The quantitative estimate of drug-likeness (QED) is 0.744. The van der Waals surface area contributed by atoms with E-state index in [-0.39, 0.29) is 11.6 Å². The number of anilines is 1. The Kier molecular flexibility index (Phi) is 4.70. The van der Waals surface area contributed by atoms with E-state index in [1.807, 2.05) is 0 Å². The van der Waals surface area contributed by atoms with Crippen LogP contribution >= 0.6 is 11.6 Å². The molecule has 14 heavy (non-hydrogen) atoms. The summed E-state index contributed by atoms with van der Waals surface area (Å²) in [6, 6.07) is 4.52. The second kappa shape index (κ2) is 5.83. The van der Waals surface area contributed by atoms with Crippen molar-refractivity contribution in [2.24, 2.45) is 0 Å². The second-order valence-electron chi connectivity index (χ2n) is 2.99. The molecule has 0 aliphatic carbocycles. The molecule has 0 heterocycles. The SMILES string of the molecule is OCCCCNc1ccc(F)c(Cl)c1. The fourth-order valence-electron chi connectivity index (χ4n) is 1.08. The summed E-state index contributed by atoms with van der Waals surface area (Å²) >= 11 is 5.60. The van der Waals surface area contributed by atoms with E-state index < -0.39 is 5.82 Å². The maximum atomic E-state index is 12.7. The zero-order valence-electron chi connectivity index (χ0n) is 7.76. The summed E-state index contributed by atoms with van der Waals surface area (Å²) in [4.78, 5) is 0. The summed E-state index contributed by atoms with van der Waals surface area (Å²) in [6.45, 7) is 0.953. The Morgan fingerprint density at radius 2 is 2.14 bits per heavy atom. The minimum atomic E-state index is -0.410. The fourth-order valence-corrected chi connectivity index (χ4v) is 1.26. The highest BCUT2D eigenvalue weighted by atomic mass is 35.5. The lowest BCUT2D eigenvalue weighted by Gasteiger charge is -2.05. The maximum Gasteiger partial charge on any atom is 0.141 e. The first-order valence-corrected chi connectivity index (χ1v) is 4.91. The van der Waals surface area contributed by atoms with E-state index in [4.69, 9.17) is 16.7 Å². The van der Waals surface area contributed by atoms with Gasteiger partial charge in [0.25, 0.3) is 0 Å². The first-order chi connectivity index (χ1) is 6.74. The molecule has 0 aliphatic heterocycles. The number of halogens is 2. The Labute approximate surface area is 87.7 Å². The van der Waals surface area contributed by atoms with Gasteiger partial charge in [-0.1, -0.05) is 11.6 Å². The van der Waals surface area contributed by atoms with Gasteiger partial charge in [-0.3, -0.25) is 0 Å². The average molecular weight is 218 g/mol. The average Bonchev–Trinajstić information content (AvgIpc) is 2.18. The van der Waals surface area contributed by atoms with Gasteiger partial charge in [-0.25, -0.2) is 4.39 Å². The van der Waals surface area contributed by atoms with Gasteiger partial charge >= 0.3 is 0 Å². The van der Waals surface area contributed by atoms with E-state index >= 15 is 0 Å². The molecule has 1 rings (SSSR count). The minimum absolute atomic E-state index is 0.122. The van der Waals surface area contributed by atoms with Crippen LogP contribution in [0.25, 0.3) is 0 Å². The van der Waals surface area contributed by atoms with E-state index in [0.717, 1.165) is 25.1 Å². The van der Waals surface area contributed by atoms with Crippen molar-refractivity contribution in [3.8, 4) is 0 Å². The number of benzene rings is 1. The number of rotatable bonds is 5. The maximum absolute atomic E-state index is 12.7. The van der Waals surface area contributed by atoms with E-state index in [1.165, 1.54) is 6.07 Å². The minimum Gasteiger partial charge on any atom is -0.396 e. The number of aliphatic hydroxyl groups excluding tert-OH is 1. The highest BCUT2D eigenvalue weighted by molar-refractivity contribution is 6.31. The topological polar surface area (TPSA) is 32.3 Å². The number of aliphatic hydroxyl groups is 1. The highest BCUT2D eigenvalue weighted by Crippen LogP contribution is 2.19. The molecule has 1 aromatic rings. The molecule has 0 aliphatic rings. The lowest BCUT2D eigenvalue weighted by atomic mass is 10.3. The van der Waals surface area contributed by atoms with Crippen molar-refractivity contribution in [2.75, 3.05) is 18.5 Å². The summed E-state index contributed by atoms with van der Waals surface area (Å²) in [5.41, 5.74) is 0.800. The van der Waals surface area contributed by atoms with Crippen LogP contribution in [0.5, 0.6) is 0 Å². The van der Waals surface area contributed by atoms with Crippen LogP contribution in [0, 0.1) is 5.82 Å². The second-order valence-corrected chi connectivity index (χ2v) is 3.39. The van der Waals surface area contributed by atoms with Crippen molar-refractivity contribution < 1.29 is 9.50 Å². The zero-order chi connectivity index (χ0) is 10.4. The van der Waals surface area contributed by atoms with Crippen LogP contribution in [0.15, 0.2) is 18.2 Å². The van der Waals surface area contributed by atoms with Crippen LogP contribution in [-0.4, -0.2) is 18.3 Å². The molecule has 0 fully saturated rings. The Morgan fingerprint density at radius 3 is 2.79 bits per heavy atom. The third-order valence-electron chi connectivity index (χ3n) is 1.83. The van der Waals surface area contributed by atoms with Crippen molar-refractivity contribution >= 4 is 17.3 Å². The molecular weight excluding hydrogens is 205 g/mol. The van der Waals surface area contributed by atoms with Crippen molar-refractivity contribution in [2.45, 2.75) is 12.8 Å². The number of nitrogens with one attached hydrogen (secondary N) is 1. The molecule has 0 amide bonds. The third kappa shape index (κ3) is 3.52. The monoisotopic (exact) mass is 217 g/mol. The van der Waals surface area contributed by atoms with E-state index in [1.54, 1.807) is 12.1 Å². The molecule has 2 nitrogen and oxygen atoms in total. The third-order valence-corrected chi connectivity index (χ3v) is 2.12. The first kappa shape index (κ1) is 11.3. The van der Waals surface area contributed by atoms with Gasteiger partial charge in [-0.2, -0.15) is 0 Å². The van der Waals surface area contributed by atoms with Gasteiger partial charge in [0.2, 0.25) is 0 Å². The molecule has 0 spiro atoms. The normalized spacial score (nSPS) is 10.2. The van der Waals surface area contributed by atoms with E-state index in [2.05, 4.69) is 5.32 Å². The molecule has 0 saturated heterocycles. The molecule has 0 bridgehead atoms. The van der Waals surface area contributed by atoms with E-state index in [0.29, 0.717) is 0 Å². The Balaban J connectivity index is 2.39. The van der Waals surface area contributed by atoms with Gasteiger partial charge in [0.05, 0.1) is 5.02 Å². The number of hydrogen-bond acceptors (Lipinski definition) is 2. The first-order valence-electron chi connectivity index (χ1n) is 4.54. The van der Waals surface area contributed by atoms with Gasteiger partial charge in [0.15, 0.2) is 0 Å². The Morgan fingerprint density at radius 1 is 1.36 bits per heavy atom. The summed E-state index contributed by atoms with van der Waals surface area (Å²) in [6.07, 6.45) is 1.65. The molecule has 0 radical (unpaired) electrons. The van der Waals surface area contributed by atoms with Gasteiger partial charge in [-0.15, -0.1) is 0 Å². The lowest BCUT2D eigenvalue weighted by Crippen LogP contribution is -2.02. The summed E-state index contributed by atoms with van der Waals surface area (Å²) in [5.74, 6) is -0.410. The van der Waals surface area contributed by atoms with Gasteiger partial charge in [-0.05, 0) is 31.0 Å². The molecule has 78 valence electrons. The molecule has 0 saturated carbocycles. The number of hydrogen-bond donors (Lipinski definition) is 2. The molecule has 0 atom stereocenters. The lowest BCUT2D eigenvalue weighted by molar-refractivity contribution is 0.286. The van der Waals surface area contributed by atoms with Crippen molar-refractivity contribution in [1.82, 2.24) is 0 Å². The summed E-state index contributed by atoms with van der Waals surface area (Å²) < 4.78 is 12.7. The standard InChI is InChI=1S/C10H13ClFNO/c11-9-7-8(3-4-10(9)12)13-5-1-2-6-14/h3-4,7,13-14H,1-2,5-6H2. The van der Waals surface area contributed by atoms with Crippen molar-refractivity contribution in [3.05, 3.63) is 29.0 Å². The summed E-state index contributed by atoms with van der Waals surface area (Å²) in [5, 5.41) is 11.8. The Bertz CT molecular complexity index is 293. The molecule has 0 unspecified atom stereocenters.